The van der Waals surface area contributed by atoms with Crippen LogP contribution in [0.25, 0.3) is 0 Å². The molecule has 5 fully saturated rings. The highest BCUT2D eigenvalue weighted by Crippen LogP contribution is 2.64. The van der Waals surface area contributed by atoms with Gasteiger partial charge in [0.15, 0.2) is 6.61 Å². The highest BCUT2D eigenvalue weighted by molar-refractivity contribution is 5.79. The molecule has 2 bridgehead atoms. The Hall–Kier alpha value is -2.05. The van der Waals surface area contributed by atoms with Crippen molar-refractivity contribution in [2.24, 2.45) is 0 Å². The van der Waals surface area contributed by atoms with Crippen LogP contribution >= 0.6 is 0 Å². The van der Waals surface area contributed by atoms with Crippen LogP contribution < -0.4 is 10.1 Å². The maximum Gasteiger partial charge on any atom is 0.522 e. The van der Waals surface area contributed by atoms with E-state index < -0.39 is 24.2 Å². The van der Waals surface area contributed by atoms with Crippen LogP contribution in [-0.2, 0) is 15.7 Å². The van der Waals surface area contributed by atoms with Crippen LogP contribution in [0.4, 0.5) is 26.3 Å². The quantitative estimate of drug-likeness (QED) is 0.590. The van der Waals surface area contributed by atoms with Gasteiger partial charge in [0, 0.05) is 30.2 Å². The third kappa shape index (κ3) is 4.59. The molecule has 1 aromatic rings. The number of carbonyl (C=O) groups is 1. The van der Waals surface area contributed by atoms with E-state index in [0.29, 0.717) is 19.5 Å². The molecule has 4 saturated carbocycles. The summed E-state index contributed by atoms with van der Waals surface area (Å²) < 4.78 is 84.1. The zero-order valence-corrected chi connectivity index (χ0v) is 18.2. The number of benzene rings is 1. The predicted molar refractivity (Wildman–Crippen MR) is 107 cm³/mol. The molecule has 5 aliphatic rings. The van der Waals surface area contributed by atoms with Crippen molar-refractivity contribution in [3.63, 3.8) is 0 Å². The fraction of sp³-hybridized carbons (Fsp3) is 0.682. The fourth-order valence-electron chi connectivity index (χ4n) is 5.84. The zero-order valence-electron chi connectivity index (χ0n) is 18.2. The van der Waals surface area contributed by atoms with Gasteiger partial charge in [0.2, 0.25) is 0 Å². The molecule has 34 heavy (non-hydrogen) atoms. The van der Waals surface area contributed by atoms with Crippen molar-refractivity contribution in [1.82, 2.24) is 15.1 Å². The molecular weight excluding hydrogens is 468 g/mol. The van der Waals surface area contributed by atoms with Gasteiger partial charge < -0.3 is 10.1 Å². The van der Waals surface area contributed by atoms with Crippen molar-refractivity contribution in [3.8, 4) is 5.75 Å². The minimum absolute atomic E-state index is 0.0297. The number of rotatable bonds is 7. The number of nitrogens with zero attached hydrogens (tertiary/aromatic N) is 2. The summed E-state index contributed by atoms with van der Waals surface area (Å²) in [7, 11) is 0. The van der Waals surface area contributed by atoms with Crippen LogP contribution in [0.1, 0.15) is 37.7 Å². The van der Waals surface area contributed by atoms with Crippen LogP contribution in [0.15, 0.2) is 24.3 Å². The third-order valence-corrected chi connectivity index (χ3v) is 7.53. The molecule has 6 nitrogen and oxygen atoms in total. The lowest BCUT2D eigenvalue weighted by molar-refractivity contribution is -0.354. The molecule has 0 radical (unpaired) electrons. The van der Waals surface area contributed by atoms with E-state index in [1.807, 2.05) is 0 Å². The molecule has 0 spiro atoms. The van der Waals surface area contributed by atoms with Crippen molar-refractivity contribution >= 4 is 5.91 Å². The predicted octanol–water partition coefficient (Wildman–Crippen LogP) is 3.52. The number of halogens is 6. The van der Waals surface area contributed by atoms with Crippen LogP contribution in [0.3, 0.4) is 0 Å². The van der Waals surface area contributed by atoms with E-state index in [0.717, 1.165) is 44.5 Å². The van der Waals surface area contributed by atoms with Crippen LogP contribution in [0, 0.1) is 0 Å². The maximum atomic E-state index is 12.6. The van der Waals surface area contributed by atoms with Gasteiger partial charge in [-0.2, -0.15) is 13.2 Å². The first-order valence-electron chi connectivity index (χ1n) is 11.2. The zero-order chi connectivity index (χ0) is 24.4. The molecule has 1 aliphatic heterocycles. The second kappa shape index (κ2) is 7.99. The van der Waals surface area contributed by atoms with Crippen LogP contribution in [-0.4, -0.2) is 71.7 Å². The van der Waals surface area contributed by atoms with Gasteiger partial charge in [-0.25, -0.2) is 0 Å². The van der Waals surface area contributed by atoms with Gasteiger partial charge in [-0.1, -0.05) is 0 Å². The van der Waals surface area contributed by atoms with Crippen molar-refractivity contribution in [2.45, 2.75) is 67.9 Å². The molecule has 0 unspecified atom stereocenters. The monoisotopic (exact) mass is 493 g/mol. The second-order valence-corrected chi connectivity index (χ2v) is 9.92. The van der Waals surface area contributed by atoms with Gasteiger partial charge in [-0.3, -0.25) is 19.3 Å². The number of ether oxygens (including phenoxy) is 2. The Morgan fingerprint density at radius 2 is 1.68 bits per heavy atom. The minimum atomic E-state index is -4.58. The lowest BCUT2D eigenvalue weighted by atomic mass is 9.43. The summed E-state index contributed by atoms with van der Waals surface area (Å²) in [6.45, 7) is 2.10. The summed E-state index contributed by atoms with van der Waals surface area (Å²) in [6.07, 6.45) is -6.56. The van der Waals surface area contributed by atoms with Crippen molar-refractivity contribution in [2.75, 3.05) is 26.4 Å². The molecule has 1 heterocycles. The molecule has 188 valence electrons. The van der Waals surface area contributed by atoms with Crippen molar-refractivity contribution in [1.29, 1.82) is 0 Å². The smallest absolute Gasteiger partial charge is 0.484 e. The summed E-state index contributed by atoms with van der Waals surface area (Å²) in [5, 5.41) is 2.99. The molecule has 4 aliphatic carbocycles. The average molecular weight is 493 g/mol. The van der Waals surface area contributed by atoms with Crippen molar-refractivity contribution in [3.05, 3.63) is 29.8 Å². The largest absolute Gasteiger partial charge is 0.522 e. The van der Waals surface area contributed by atoms with Crippen molar-refractivity contribution < 1.29 is 40.6 Å². The van der Waals surface area contributed by atoms with E-state index in [-0.39, 0.29) is 35.4 Å². The van der Waals surface area contributed by atoms with Gasteiger partial charge in [0.1, 0.15) is 5.75 Å². The highest BCUT2D eigenvalue weighted by atomic mass is 19.4. The topological polar surface area (TPSA) is 54.0 Å². The molecule has 1 N–H and O–H groups in total. The van der Waals surface area contributed by atoms with E-state index in [9.17, 15) is 31.1 Å². The Morgan fingerprint density at radius 3 is 2.26 bits per heavy atom. The summed E-state index contributed by atoms with van der Waals surface area (Å²) in [6, 6.07) is 4.30. The number of carbonyl (C=O) groups excluding carboxylic acids is 1. The lowest BCUT2D eigenvalue weighted by Gasteiger charge is -2.73. The number of nitrogens with one attached hydrogen (secondary N) is 1. The molecule has 1 saturated heterocycles. The molecule has 6 rings (SSSR count). The van der Waals surface area contributed by atoms with Crippen LogP contribution in [0.2, 0.25) is 0 Å². The van der Waals surface area contributed by atoms with Gasteiger partial charge in [0.05, 0.1) is 18.3 Å². The Labute approximate surface area is 192 Å². The van der Waals surface area contributed by atoms with Gasteiger partial charge in [-0.05, 0) is 56.4 Å². The SMILES string of the molecule is O=C(COc1ccc(C(F)(F)F)cc1)NC12CC(N3CCN(C4CC(OC(F)(F)F)C4)C3)(C1)C2. The summed E-state index contributed by atoms with van der Waals surface area (Å²) in [5.41, 5.74) is -1.02. The summed E-state index contributed by atoms with van der Waals surface area (Å²) >= 11 is 0. The Kier molecular flexibility index (Phi) is 5.56. The fourth-order valence-corrected chi connectivity index (χ4v) is 5.84. The summed E-state index contributed by atoms with van der Waals surface area (Å²) in [4.78, 5) is 16.9. The molecule has 0 aromatic heterocycles. The molecule has 0 atom stereocenters. The standard InChI is InChI=1S/C22H25F6N3O3/c23-21(24,25)14-1-3-16(4-2-14)33-9-18(32)29-19-10-20(11-19,12-19)31-6-5-30(13-31)15-7-17(8-15)34-22(26,27)28/h1-4,15,17H,5-13H2,(H,29,32). The second-order valence-electron chi connectivity index (χ2n) is 9.92. The first-order chi connectivity index (χ1) is 15.8. The number of amides is 1. The molecule has 1 aromatic carbocycles. The van der Waals surface area contributed by atoms with Gasteiger partial charge >= 0.3 is 12.5 Å². The Bertz CT molecular complexity index is 910. The Balaban J connectivity index is 1.02. The normalized spacial score (nSPS) is 33.6. The minimum Gasteiger partial charge on any atom is -0.484 e. The number of hydrogen-bond donors (Lipinski definition) is 1. The number of hydrogen-bond acceptors (Lipinski definition) is 5. The van der Waals surface area contributed by atoms with Gasteiger partial charge in [-0.15, -0.1) is 13.2 Å². The number of alkyl halides is 6. The maximum absolute atomic E-state index is 12.6. The van der Waals surface area contributed by atoms with Crippen LogP contribution in [0.5, 0.6) is 5.75 Å². The van der Waals surface area contributed by atoms with E-state index in [1.165, 1.54) is 12.1 Å². The third-order valence-electron chi connectivity index (χ3n) is 7.53. The van der Waals surface area contributed by atoms with E-state index in [4.69, 9.17) is 4.74 Å². The first kappa shape index (κ1) is 23.7. The lowest BCUT2D eigenvalue weighted by Crippen LogP contribution is -2.83. The van der Waals surface area contributed by atoms with E-state index in [2.05, 4.69) is 19.9 Å². The van der Waals surface area contributed by atoms with E-state index >= 15 is 0 Å². The Morgan fingerprint density at radius 1 is 1.03 bits per heavy atom. The molecule has 1 amide bonds. The first-order valence-corrected chi connectivity index (χ1v) is 11.2. The molecule has 12 heteroatoms. The highest BCUT2D eigenvalue weighted by Gasteiger charge is 2.71. The van der Waals surface area contributed by atoms with E-state index in [1.54, 1.807) is 0 Å². The molecular formula is C22H25F6N3O3. The average Bonchev–Trinajstić information content (AvgIpc) is 3.12. The van der Waals surface area contributed by atoms with Gasteiger partial charge in [0.25, 0.3) is 5.91 Å². The summed E-state index contributed by atoms with van der Waals surface area (Å²) in [5.74, 6) is -0.130.